The Kier molecular flexibility index (Phi) is 5.39. The van der Waals surface area contributed by atoms with Gasteiger partial charge in [-0.15, -0.1) is 21.5 Å². The summed E-state index contributed by atoms with van der Waals surface area (Å²) in [7, 11) is 0. The van der Waals surface area contributed by atoms with Crippen molar-refractivity contribution in [3.05, 3.63) is 76.5 Å². The molecule has 1 saturated carbocycles. The Hall–Kier alpha value is -3.11. The third-order valence-electron chi connectivity index (χ3n) is 5.73. The topological polar surface area (TPSA) is 89.7 Å². The Labute approximate surface area is 198 Å². The van der Waals surface area contributed by atoms with Crippen LogP contribution in [-0.2, 0) is 11.2 Å². The first kappa shape index (κ1) is 20.5. The lowest BCUT2D eigenvalue weighted by Gasteiger charge is -2.19. The number of hydrazone groups is 1. The lowest BCUT2D eigenvalue weighted by Crippen LogP contribution is -2.28. The number of thioether (sulfide) groups is 1. The monoisotopic (exact) mass is 479 g/mol. The van der Waals surface area contributed by atoms with Crippen molar-refractivity contribution in [2.75, 3.05) is 5.75 Å². The molecular weight excluding hydrogens is 458 g/mol. The molecule has 4 aromatic rings. The van der Waals surface area contributed by atoms with Crippen LogP contribution in [0.5, 0.6) is 0 Å². The largest absolute Gasteiger partial charge is 0.467 e. The van der Waals surface area contributed by atoms with Crippen LogP contribution in [0.1, 0.15) is 53.6 Å². The van der Waals surface area contributed by atoms with Crippen molar-refractivity contribution in [2.45, 2.75) is 42.9 Å². The maximum atomic E-state index is 13.3. The highest BCUT2D eigenvalue weighted by atomic mass is 32.2. The molecule has 1 amide bonds. The van der Waals surface area contributed by atoms with Gasteiger partial charge in [0, 0.05) is 23.8 Å². The normalized spacial score (nSPS) is 18.1. The third-order valence-corrected chi connectivity index (χ3v) is 7.53. The number of rotatable bonds is 8. The summed E-state index contributed by atoms with van der Waals surface area (Å²) in [6.07, 6.45) is 6.78. The lowest BCUT2D eigenvalue weighted by molar-refractivity contribution is -0.130. The second kappa shape index (κ2) is 8.68. The van der Waals surface area contributed by atoms with Crippen molar-refractivity contribution < 1.29 is 13.6 Å². The molecule has 0 radical (unpaired) electrons. The van der Waals surface area contributed by atoms with E-state index < -0.39 is 0 Å². The summed E-state index contributed by atoms with van der Waals surface area (Å²) in [5.74, 6) is 2.45. The van der Waals surface area contributed by atoms with Gasteiger partial charge in [-0.1, -0.05) is 17.8 Å². The molecule has 1 aliphatic carbocycles. The smallest absolute Gasteiger partial charge is 0.253 e. The van der Waals surface area contributed by atoms with E-state index in [1.54, 1.807) is 23.9 Å². The number of carbonyl (C=O) groups excluding carboxylic acids is 1. The Bertz CT molecular complexity index is 1260. The van der Waals surface area contributed by atoms with E-state index >= 15 is 0 Å². The predicted octanol–water partition coefficient (Wildman–Crippen LogP) is 4.92. The fourth-order valence-corrected chi connectivity index (χ4v) is 5.60. The van der Waals surface area contributed by atoms with Gasteiger partial charge in [0.15, 0.2) is 5.16 Å². The summed E-state index contributed by atoms with van der Waals surface area (Å²) in [5, 5.41) is 17.9. The molecule has 4 aromatic heterocycles. The molecule has 6 rings (SSSR count). The number of thiophene rings is 1. The molecule has 33 heavy (non-hydrogen) atoms. The van der Waals surface area contributed by atoms with Gasteiger partial charge in [0.1, 0.15) is 29.1 Å². The van der Waals surface area contributed by atoms with Crippen molar-refractivity contribution in [3.8, 4) is 0 Å². The average Bonchev–Trinajstić information content (AvgIpc) is 3.45. The number of furan rings is 2. The number of nitrogens with zero attached hydrogens (tertiary/aromatic N) is 5. The molecule has 0 N–H and O–H groups in total. The van der Waals surface area contributed by atoms with E-state index in [1.165, 1.54) is 21.6 Å². The van der Waals surface area contributed by atoms with Crippen molar-refractivity contribution in [2.24, 2.45) is 5.10 Å². The van der Waals surface area contributed by atoms with Gasteiger partial charge in [-0.3, -0.25) is 4.79 Å². The molecule has 10 heteroatoms. The van der Waals surface area contributed by atoms with Gasteiger partial charge in [0.25, 0.3) is 5.91 Å². The second-order valence-corrected chi connectivity index (χ2v) is 10.0. The zero-order valence-corrected chi connectivity index (χ0v) is 19.3. The quantitative estimate of drug-likeness (QED) is 0.333. The van der Waals surface area contributed by atoms with Crippen LogP contribution in [0.15, 0.2) is 73.4 Å². The highest BCUT2D eigenvalue weighted by Crippen LogP contribution is 2.40. The summed E-state index contributed by atoms with van der Waals surface area (Å²) in [4.78, 5) is 14.5. The summed E-state index contributed by atoms with van der Waals surface area (Å²) in [6.45, 7) is 0. The Morgan fingerprint density at radius 2 is 2.00 bits per heavy atom. The molecule has 168 valence electrons. The van der Waals surface area contributed by atoms with Crippen LogP contribution in [0, 0.1) is 0 Å². The van der Waals surface area contributed by atoms with Crippen LogP contribution >= 0.6 is 23.1 Å². The van der Waals surface area contributed by atoms with E-state index in [2.05, 4.69) is 37.4 Å². The van der Waals surface area contributed by atoms with E-state index in [0.29, 0.717) is 24.0 Å². The van der Waals surface area contributed by atoms with E-state index in [1.807, 2.05) is 24.3 Å². The van der Waals surface area contributed by atoms with Crippen molar-refractivity contribution in [1.29, 1.82) is 0 Å². The summed E-state index contributed by atoms with van der Waals surface area (Å²) in [5.41, 5.74) is 0.735. The Morgan fingerprint density at radius 1 is 1.12 bits per heavy atom. The maximum Gasteiger partial charge on any atom is 0.253 e. The predicted molar refractivity (Wildman–Crippen MR) is 124 cm³/mol. The van der Waals surface area contributed by atoms with Gasteiger partial charge in [-0.05, 0) is 48.6 Å². The number of hydrogen-bond acceptors (Lipinski definition) is 8. The molecule has 0 bridgehead atoms. The van der Waals surface area contributed by atoms with Crippen LogP contribution in [0.3, 0.4) is 0 Å². The first-order valence-corrected chi connectivity index (χ1v) is 12.7. The number of hydrogen-bond donors (Lipinski definition) is 0. The van der Waals surface area contributed by atoms with Crippen LogP contribution in [-0.4, -0.2) is 37.1 Å². The molecule has 0 aromatic carbocycles. The van der Waals surface area contributed by atoms with Gasteiger partial charge in [-0.2, -0.15) is 5.10 Å². The number of amides is 1. The fourth-order valence-electron chi connectivity index (χ4n) is 4.02. The fraction of sp³-hybridized carbons (Fsp3) is 0.304. The van der Waals surface area contributed by atoms with Crippen molar-refractivity contribution in [1.82, 2.24) is 19.8 Å². The first-order chi connectivity index (χ1) is 16.3. The van der Waals surface area contributed by atoms with Crippen molar-refractivity contribution in [3.63, 3.8) is 0 Å². The minimum absolute atomic E-state index is 0.104. The molecule has 1 fully saturated rings. The molecule has 2 aliphatic rings. The van der Waals surface area contributed by atoms with E-state index in [0.717, 1.165) is 36.0 Å². The Balaban J connectivity index is 1.20. The summed E-state index contributed by atoms with van der Waals surface area (Å²) in [6, 6.07) is 11.7. The van der Waals surface area contributed by atoms with Gasteiger partial charge in [-0.25, -0.2) is 5.01 Å². The van der Waals surface area contributed by atoms with Gasteiger partial charge < -0.3 is 13.4 Å². The van der Waals surface area contributed by atoms with E-state index in [4.69, 9.17) is 8.83 Å². The molecule has 1 unspecified atom stereocenters. The highest BCUT2D eigenvalue weighted by molar-refractivity contribution is 7.99. The van der Waals surface area contributed by atoms with Crippen LogP contribution in [0.25, 0.3) is 0 Å². The van der Waals surface area contributed by atoms with E-state index in [-0.39, 0.29) is 17.7 Å². The Morgan fingerprint density at radius 3 is 2.73 bits per heavy atom. The van der Waals surface area contributed by atoms with Crippen LogP contribution in [0.4, 0.5) is 0 Å². The summed E-state index contributed by atoms with van der Waals surface area (Å²) >= 11 is 3.14. The molecule has 1 atom stereocenters. The average molecular weight is 480 g/mol. The minimum atomic E-state index is -0.288. The molecule has 5 heterocycles. The lowest BCUT2D eigenvalue weighted by atomic mass is 10.1. The molecule has 1 aliphatic heterocycles. The standard InChI is InChI=1S/C23H21N5O3S2/c29-22(28-18(20-6-2-10-31-20)13-17(26-28)19-5-1-9-30-19)14-33-23-25-24-21(27(23)15-7-8-15)12-16-4-3-11-32-16/h1-6,9-11,15,18H,7-8,12-14H2. The zero-order chi connectivity index (χ0) is 22.2. The first-order valence-electron chi connectivity index (χ1n) is 10.8. The third kappa shape index (κ3) is 4.16. The highest BCUT2D eigenvalue weighted by Gasteiger charge is 2.36. The minimum Gasteiger partial charge on any atom is -0.467 e. The maximum absolute atomic E-state index is 13.3. The summed E-state index contributed by atoms with van der Waals surface area (Å²) < 4.78 is 13.3. The molecular formula is C23H21N5O3S2. The van der Waals surface area contributed by atoms with Crippen molar-refractivity contribution >= 4 is 34.7 Å². The SMILES string of the molecule is O=C(CSc1nnc(Cc2cccs2)n1C1CC1)N1N=C(c2ccco2)CC1c1ccco1. The molecule has 0 saturated heterocycles. The molecule has 8 nitrogen and oxygen atoms in total. The van der Waals surface area contributed by atoms with Crippen LogP contribution in [0.2, 0.25) is 0 Å². The van der Waals surface area contributed by atoms with Gasteiger partial charge in [0.05, 0.1) is 18.3 Å². The number of carbonyl (C=O) groups is 1. The second-order valence-electron chi connectivity index (χ2n) is 8.04. The number of aromatic nitrogens is 3. The van der Waals surface area contributed by atoms with E-state index in [9.17, 15) is 4.79 Å². The molecule has 0 spiro atoms. The van der Waals surface area contributed by atoms with Crippen LogP contribution < -0.4 is 0 Å². The van der Waals surface area contributed by atoms with Gasteiger partial charge >= 0.3 is 0 Å². The van der Waals surface area contributed by atoms with Gasteiger partial charge in [0.2, 0.25) is 0 Å². The zero-order valence-electron chi connectivity index (χ0n) is 17.7.